The van der Waals surface area contributed by atoms with E-state index in [0.717, 1.165) is 6.21 Å². The van der Waals surface area contributed by atoms with E-state index in [-0.39, 0.29) is 34.3 Å². The number of benzene rings is 3. The van der Waals surface area contributed by atoms with Gasteiger partial charge in [-0.15, -0.1) is 0 Å². The van der Waals surface area contributed by atoms with Gasteiger partial charge in [0.05, 0.1) is 29.9 Å². The van der Waals surface area contributed by atoms with E-state index in [2.05, 4.69) is 15.8 Å². The predicted octanol–water partition coefficient (Wildman–Crippen LogP) is 4.97. The van der Waals surface area contributed by atoms with E-state index in [4.69, 9.17) is 14.2 Å². The Kier molecular flexibility index (Phi) is 10.5. The summed E-state index contributed by atoms with van der Waals surface area (Å²) in [5.41, 5.74) is 2.82. The average Bonchev–Trinajstić information content (AvgIpc) is 2.95. The largest absolute Gasteiger partial charge is 0.490 e. The highest BCUT2D eigenvalue weighted by Crippen LogP contribution is 2.33. The number of nitro benzene ring substituents is 1. The SMILES string of the molecule is CCOc1ccc(C(=O)Oc2c(/C=N/NC(=O)c3ccc(NC(=O)C(C)C)cc3)cccc2[N+](=O)[O-])cc1OCC. The number of nitrogens with zero attached hydrogens (tertiary/aromatic N) is 2. The second-order valence-corrected chi connectivity index (χ2v) is 8.79. The third kappa shape index (κ3) is 8.12. The average molecular weight is 563 g/mol. The first kappa shape index (κ1) is 30.3. The summed E-state index contributed by atoms with van der Waals surface area (Å²) >= 11 is 0. The summed E-state index contributed by atoms with van der Waals surface area (Å²) in [4.78, 5) is 48.3. The Morgan fingerprint density at radius 2 is 1.61 bits per heavy atom. The van der Waals surface area contributed by atoms with Gasteiger partial charge in [-0.25, -0.2) is 10.2 Å². The number of ether oxygens (including phenoxy) is 3. The number of nitrogens with one attached hydrogen (secondary N) is 2. The minimum absolute atomic E-state index is 0.0792. The van der Waals surface area contributed by atoms with E-state index in [9.17, 15) is 24.5 Å². The molecule has 12 nitrogen and oxygen atoms in total. The zero-order chi connectivity index (χ0) is 29.9. The van der Waals surface area contributed by atoms with Gasteiger partial charge in [-0.3, -0.25) is 19.7 Å². The summed E-state index contributed by atoms with van der Waals surface area (Å²) in [6.45, 7) is 7.83. The molecule has 0 bridgehead atoms. The van der Waals surface area contributed by atoms with E-state index in [1.54, 1.807) is 39.0 Å². The maximum Gasteiger partial charge on any atom is 0.343 e. The molecule has 3 aromatic rings. The summed E-state index contributed by atoms with van der Waals surface area (Å²) in [6, 6.07) is 14.6. The van der Waals surface area contributed by atoms with Gasteiger partial charge in [0, 0.05) is 28.8 Å². The standard InChI is InChI=1S/C29H30N4O8/c1-5-39-24-15-12-20(16-25(24)40-6-2)29(36)41-26-21(8-7-9-23(26)33(37)38)17-30-32-28(35)19-10-13-22(14-11-19)31-27(34)18(3)4/h7-18H,5-6H2,1-4H3,(H,31,34)(H,32,35)/b30-17+. The minimum Gasteiger partial charge on any atom is -0.490 e. The number of esters is 1. The molecular weight excluding hydrogens is 532 g/mol. The van der Waals surface area contributed by atoms with Crippen molar-refractivity contribution in [3.05, 3.63) is 87.5 Å². The van der Waals surface area contributed by atoms with Crippen molar-refractivity contribution in [3.63, 3.8) is 0 Å². The molecule has 0 aliphatic rings. The number of carbonyl (C=O) groups is 3. The van der Waals surface area contributed by atoms with Crippen LogP contribution in [0.5, 0.6) is 17.2 Å². The number of carbonyl (C=O) groups excluding carboxylic acids is 3. The Morgan fingerprint density at radius 1 is 0.951 bits per heavy atom. The summed E-state index contributed by atoms with van der Waals surface area (Å²) in [5.74, 6) is -1.37. The fourth-order valence-electron chi connectivity index (χ4n) is 3.45. The van der Waals surface area contributed by atoms with Gasteiger partial charge in [0.2, 0.25) is 11.7 Å². The molecule has 41 heavy (non-hydrogen) atoms. The van der Waals surface area contributed by atoms with Crippen LogP contribution >= 0.6 is 0 Å². The molecule has 0 heterocycles. The summed E-state index contributed by atoms with van der Waals surface area (Å²) in [5, 5.41) is 18.3. The van der Waals surface area contributed by atoms with Crippen molar-refractivity contribution in [2.24, 2.45) is 11.0 Å². The number of hydrogen-bond donors (Lipinski definition) is 2. The number of hydrogen-bond acceptors (Lipinski definition) is 9. The van der Waals surface area contributed by atoms with Crippen LogP contribution in [0.15, 0.2) is 65.8 Å². The first-order valence-electron chi connectivity index (χ1n) is 12.8. The van der Waals surface area contributed by atoms with Crippen molar-refractivity contribution in [1.82, 2.24) is 5.43 Å². The van der Waals surface area contributed by atoms with Crippen molar-refractivity contribution >= 4 is 35.4 Å². The monoisotopic (exact) mass is 562 g/mol. The normalized spacial score (nSPS) is 10.8. The Balaban J connectivity index is 1.79. The van der Waals surface area contributed by atoms with Crippen LogP contribution in [0.2, 0.25) is 0 Å². The Labute approximate surface area is 236 Å². The van der Waals surface area contributed by atoms with E-state index in [0.29, 0.717) is 30.4 Å². The molecule has 12 heteroatoms. The number of amides is 2. The van der Waals surface area contributed by atoms with Crippen LogP contribution in [0.3, 0.4) is 0 Å². The lowest BCUT2D eigenvalue weighted by molar-refractivity contribution is -0.385. The lowest BCUT2D eigenvalue weighted by Crippen LogP contribution is -2.19. The van der Waals surface area contributed by atoms with E-state index in [1.807, 2.05) is 6.92 Å². The van der Waals surface area contributed by atoms with Gasteiger partial charge in [0.15, 0.2) is 11.5 Å². The lowest BCUT2D eigenvalue weighted by atomic mass is 10.1. The van der Waals surface area contributed by atoms with Crippen LogP contribution < -0.4 is 25.0 Å². The van der Waals surface area contributed by atoms with E-state index >= 15 is 0 Å². The summed E-state index contributed by atoms with van der Waals surface area (Å²) in [7, 11) is 0. The lowest BCUT2D eigenvalue weighted by Gasteiger charge is -2.12. The number of nitro groups is 1. The molecule has 0 fully saturated rings. The maximum absolute atomic E-state index is 13.0. The molecule has 0 spiro atoms. The molecule has 214 valence electrons. The van der Waals surface area contributed by atoms with Gasteiger partial charge in [0.1, 0.15) is 0 Å². The zero-order valence-corrected chi connectivity index (χ0v) is 23.0. The molecule has 0 saturated heterocycles. The van der Waals surface area contributed by atoms with Crippen molar-refractivity contribution in [3.8, 4) is 17.2 Å². The highest BCUT2D eigenvalue weighted by Gasteiger charge is 2.23. The Hall–Kier alpha value is -5.26. The molecule has 2 amide bonds. The second kappa shape index (κ2) is 14.2. The van der Waals surface area contributed by atoms with E-state index in [1.165, 1.54) is 42.5 Å². The van der Waals surface area contributed by atoms with Crippen LogP contribution in [0.25, 0.3) is 0 Å². The first-order chi connectivity index (χ1) is 19.6. The molecule has 3 aromatic carbocycles. The van der Waals surface area contributed by atoms with Crippen LogP contribution in [0.1, 0.15) is 54.0 Å². The van der Waals surface area contributed by atoms with Crippen LogP contribution in [0, 0.1) is 16.0 Å². The number of para-hydroxylation sites is 1. The second-order valence-electron chi connectivity index (χ2n) is 8.79. The molecule has 2 N–H and O–H groups in total. The van der Waals surface area contributed by atoms with Gasteiger partial charge >= 0.3 is 11.7 Å². The van der Waals surface area contributed by atoms with Gasteiger partial charge in [-0.05, 0) is 62.4 Å². The minimum atomic E-state index is -0.869. The molecule has 0 radical (unpaired) electrons. The molecular formula is C29H30N4O8. The van der Waals surface area contributed by atoms with Crippen LogP contribution in [0.4, 0.5) is 11.4 Å². The molecule has 0 saturated carbocycles. The van der Waals surface area contributed by atoms with E-state index < -0.39 is 22.5 Å². The smallest absolute Gasteiger partial charge is 0.343 e. The quantitative estimate of drug-likeness (QED) is 0.103. The molecule has 0 atom stereocenters. The fraction of sp³-hybridized carbons (Fsp3) is 0.241. The highest BCUT2D eigenvalue weighted by atomic mass is 16.6. The van der Waals surface area contributed by atoms with Crippen molar-refractivity contribution in [1.29, 1.82) is 0 Å². The van der Waals surface area contributed by atoms with Gasteiger partial charge in [-0.1, -0.05) is 19.9 Å². The summed E-state index contributed by atoms with van der Waals surface area (Å²) in [6.07, 6.45) is 1.13. The number of anilines is 1. The van der Waals surface area contributed by atoms with Gasteiger partial charge in [0.25, 0.3) is 5.91 Å². The van der Waals surface area contributed by atoms with Gasteiger partial charge in [-0.2, -0.15) is 5.10 Å². The molecule has 0 aliphatic carbocycles. The van der Waals surface area contributed by atoms with Crippen molar-refractivity contribution in [2.75, 3.05) is 18.5 Å². The number of hydrazone groups is 1. The van der Waals surface area contributed by atoms with Crippen LogP contribution in [-0.4, -0.2) is 42.1 Å². The third-order valence-corrected chi connectivity index (χ3v) is 5.50. The highest BCUT2D eigenvalue weighted by molar-refractivity contribution is 5.98. The molecule has 0 aromatic heterocycles. The molecule has 3 rings (SSSR count). The van der Waals surface area contributed by atoms with Crippen LogP contribution in [-0.2, 0) is 4.79 Å². The maximum atomic E-state index is 13.0. The zero-order valence-electron chi connectivity index (χ0n) is 23.0. The topological polar surface area (TPSA) is 158 Å². The fourth-order valence-corrected chi connectivity index (χ4v) is 3.45. The third-order valence-electron chi connectivity index (χ3n) is 5.50. The number of rotatable bonds is 12. The van der Waals surface area contributed by atoms with Gasteiger partial charge < -0.3 is 19.5 Å². The van der Waals surface area contributed by atoms with Crippen molar-refractivity contribution in [2.45, 2.75) is 27.7 Å². The summed E-state index contributed by atoms with van der Waals surface area (Å²) < 4.78 is 16.5. The Bertz CT molecular complexity index is 1450. The first-order valence-corrected chi connectivity index (χ1v) is 12.8. The predicted molar refractivity (Wildman–Crippen MR) is 152 cm³/mol. The van der Waals surface area contributed by atoms with Crippen molar-refractivity contribution < 1.29 is 33.5 Å². The molecule has 0 unspecified atom stereocenters. The molecule has 0 aliphatic heterocycles. The Morgan fingerprint density at radius 3 is 2.24 bits per heavy atom.